The monoisotopic (exact) mass is 1490 g/mol. The van der Waals surface area contributed by atoms with Crippen LogP contribution in [-0.2, 0) is 55.8 Å². The molecule has 598 valence electrons. The molecule has 0 aromatic rings. The second-order valence-corrected chi connectivity index (χ2v) is 30.8. The smallest absolute Gasteiger partial charge is 0.463 e. The molecular weight excluding hydrogens is 1340 g/mol. The van der Waals surface area contributed by atoms with Crippen LogP contribution in [0.1, 0.15) is 367 Å². The van der Waals surface area contributed by atoms with E-state index in [0.29, 0.717) is 19.3 Å². The van der Waals surface area contributed by atoms with E-state index in [-0.39, 0.29) is 19.3 Å². The molecule has 0 spiro atoms. The summed E-state index contributed by atoms with van der Waals surface area (Å²) < 4.78 is 61.2. The molecule has 0 fully saturated rings. The summed E-state index contributed by atoms with van der Waals surface area (Å²) in [5.74, 6) is -1.56. The first-order chi connectivity index (χ1) is 50.2. The third-order valence-electron chi connectivity index (χ3n) is 17.8. The van der Waals surface area contributed by atoms with Gasteiger partial charge in [-0.1, -0.05) is 336 Å². The third kappa shape index (κ3) is 79.3. The number of rotatable bonds is 79. The van der Waals surface area contributed by atoms with Gasteiger partial charge in [-0.15, -0.1) is 0 Å². The molecule has 4 N–H and O–H groups in total. The molecule has 0 aromatic heterocycles. The molecule has 0 aliphatic heterocycles. The van der Waals surface area contributed by atoms with Gasteiger partial charge in [-0.25, -0.2) is 9.13 Å². The Kier molecular flexibility index (Phi) is 75.4. The van der Waals surface area contributed by atoms with Crippen LogP contribution in [0, 0.1) is 0 Å². The van der Waals surface area contributed by atoms with Gasteiger partial charge in [-0.3, -0.25) is 32.5 Å². The summed E-state index contributed by atoms with van der Waals surface area (Å²) in [6.45, 7) is 2.67. The molecular formula is C85H152O16P2. The Morgan fingerprint density at radius 1 is 0.272 bits per heavy atom. The summed E-state index contributed by atoms with van der Waals surface area (Å²) in [5, 5.41) is 20.6. The molecule has 5 unspecified atom stereocenters. The van der Waals surface area contributed by atoms with Crippen molar-refractivity contribution in [3.63, 3.8) is 0 Å². The number of phosphoric acid groups is 2. The fourth-order valence-electron chi connectivity index (χ4n) is 11.4. The highest BCUT2D eigenvalue weighted by Gasteiger charge is 2.29. The number of hydrogen-bond donors (Lipinski definition) is 4. The lowest BCUT2D eigenvalue weighted by molar-refractivity contribution is -0.161. The summed E-state index contributed by atoms with van der Waals surface area (Å²) in [6, 6.07) is 0. The van der Waals surface area contributed by atoms with Gasteiger partial charge in [0.05, 0.1) is 26.4 Å². The minimum atomic E-state index is -4.93. The number of aliphatic hydroxyl groups excluding tert-OH is 2. The van der Waals surface area contributed by atoms with Crippen LogP contribution < -0.4 is 0 Å². The van der Waals surface area contributed by atoms with Crippen molar-refractivity contribution in [1.82, 2.24) is 0 Å². The standard InChI is InChI=1S/C85H152O16P2/c1-4-7-10-13-16-19-22-25-27-29-31-33-35-37-39-41-43-45-47-49-51-54-56-59-62-65-68-71-83(88)95-74-80(86)75-97-102(91,92)98-76-81(87)77-99-103(93,94)100-79-82(101-85(90)73-70-67-64-61-58-53-24-21-18-15-12-9-6-3)78-96-84(89)72-69-66-63-60-57-55-52-50-48-46-44-42-40-38-36-34-32-30-28-26-23-20-17-14-11-8-5-2/h16-17,19-20,25-28,31-34,37-40,80-82,86-87H,4-15,18,21-24,29-30,35-36,41-79H2,1-3H3,(H,91,92)(H,93,94)/b19-16-,20-17-,27-25-,28-26-,33-31-,34-32-,39-37-,40-38-. The predicted octanol–water partition coefficient (Wildman–Crippen LogP) is 24.5. The normalized spacial score (nSPS) is 14.4. The molecule has 0 amide bonds. The highest BCUT2D eigenvalue weighted by molar-refractivity contribution is 7.47. The van der Waals surface area contributed by atoms with Gasteiger partial charge in [-0.2, -0.15) is 0 Å². The summed E-state index contributed by atoms with van der Waals surface area (Å²) in [5.41, 5.74) is 0. The van der Waals surface area contributed by atoms with Gasteiger partial charge in [0.2, 0.25) is 0 Å². The average Bonchev–Trinajstić information content (AvgIpc) is 0.924. The van der Waals surface area contributed by atoms with Crippen LogP contribution in [-0.4, -0.2) is 95.9 Å². The first kappa shape index (κ1) is 99.5. The Balaban J connectivity index is 4.50. The average molecular weight is 1490 g/mol. The maximum Gasteiger partial charge on any atom is 0.472 e. The Morgan fingerprint density at radius 3 is 0.786 bits per heavy atom. The van der Waals surface area contributed by atoms with Crippen LogP contribution in [0.5, 0.6) is 0 Å². The lowest BCUT2D eigenvalue weighted by Gasteiger charge is -2.21. The lowest BCUT2D eigenvalue weighted by Crippen LogP contribution is -2.30. The van der Waals surface area contributed by atoms with Crippen molar-refractivity contribution in [3.05, 3.63) is 97.2 Å². The van der Waals surface area contributed by atoms with Gasteiger partial charge in [-0.05, 0) is 109 Å². The molecule has 0 saturated heterocycles. The van der Waals surface area contributed by atoms with Crippen LogP contribution in [0.25, 0.3) is 0 Å². The van der Waals surface area contributed by atoms with E-state index in [1.807, 2.05) is 0 Å². The molecule has 0 aliphatic rings. The predicted molar refractivity (Wildman–Crippen MR) is 427 cm³/mol. The van der Waals surface area contributed by atoms with E-state index >= 15 is 0 Å². The van der Waals surface area contributed by atoms with Gasteiger partial charge in [0.15, 0.2) is 6.10 Å². The molecule has 18 heteroatoms. The summed E-state index contributed by atoms with van der Waals surface area (Å²) in [6.07, 6.45) is 90.2. The molecule has 0 bridgehead atoms. The second kappa shape index (κ2) is 78.1. The van der Waals surface area contributed by atoms with Crippen LogP contribution in [0.3, 0.4) is 0 Å². The Hall–Kier alpha value is -3.53. The summed E-state index contributed by atoms with van der Waals surface area (Å²) >= 11 is 0. The van der Waals surface area contributed by atoms with Crippen molar-refractivity contribution in [2.45, 2.75) is 386 Å². The maximum atomic E-state index is 13.0. The Labute approximate surface area is 628 Å². The van der Waals surface area contributed by atoms with Gasteiger partial charge in [0, 0.05) is 19.3 Å². The third-order valence-corrected chi connectivity index (χ3v) is 19.7. The molecule has 0 heterocycles. The van der Waals surface area contributed by atoms with E-state index in [0.717, 1.165) is 122 Å². The molecule has 103 heavy (non-hydrogen) atoms. The molecule has 0 rings (SSSR count). The van der Waals surface area contributed by atoms with Crippen molar-refractivity contribution in [3.8, 4) is 0 Å². The van der Waals surface area contributed by atoms with Crippen molar-refractivity contribution in [1.29, 1.82) is 0 Å². The first-order valence-electron chi connectivity index (χ1n) is 41.5. The zero-order valence-corrected chi connectivity index (χ0v) is 67.3. The van der Waals surface area contributed by atoms with Crippen molar-refractivity contribution < 1.29 is 75.8 Å². The summed E-state index contributed by atoms with van der Waals surface area (Å²) in [4.78, 5) is 58.7. The molecule has 5 atom stereocenters. The molecule has 0 radical (unpaired) electrons. The zero-order valence-electron chi connectivity index (χ0n) is 65.5. The molecule has 0 saturated carbocycles. The van der Waals surface area contributed by atoms with E-state index in [9.17, 15) is 43.5 Å². The minimum Gasteiger partial charge on any atom is -0.463 e. The van der Waals surface area contributed by atoms with Crippen LogP contribution >= 0.6 is 15.6 Å². The van der Waals surface area contributed by atoms with Crippen molar-refractivity contribution in [2.75, 3.05) is 39.6 Å². The topological polar surface area (TPSA) is 231 Å². The van der Waals surface area contributed by atoms with Gasteiger partial charge >= 0.3 is 33.6 Å². The number of phosphoric ester groups is 2. The minimum absolute atomic E-state index is 0.108. The van der Waals surface area contributed by atoms with E-state index < -0.39 is 91.5 Å². The van der Waals surface area contributed by atoms with E-state index in [1.54, 1.807) is 0 Å². The fraction of sp³-hybridized carbons (Fsp3) is 0.776. The highest BCUT2D eigenvalue weighted by atomic mass is 31.2. The number of esters is 3. The van der Waals surface area contributed by atoms with Gasteiger partial charge in [0.1, 0.15) is 25.4 Å². The van der Waals surface area contributed by atoms with Crippen LogP contribution in [0.4, 0.5) is 0 Å². The van der Waals surface area contributed by atoms with Gasteiger partial charge < -0.3 is 34.2 Å². The number of unbranched alkanes of at least 4 members (excludes halogenated alkanes) is 40. The second-order valence-electron chi connectivity index (χ2n) is 27.9. The molecule has 0 aliphatic carbocycles. The first-order valence-corrected chi connectivity index (χ1v) is 44.5. The number of ether oxygens (including phenoxy) is 3. The van der Waals surface area contributed by atoms with E-state index in [2.05, 4.69) is 118 Å². The van der Waals surface area contributed by atoms with E-state index in [1.165, 1.54) is 186 Å². The lowest BCUT2D eigenvalue weighted by atomic mass is 10.0. The van der Waals surface area contributed by atoms with Crippen LogP contribution in [0.15, 0.2) is 97.2 Å². The quantitative estimate of drug-likeness (QED) is 0.0146. The fourth-order valence-corrected chi connectivity index (χ4v) is 13.0. The van der Waals surface area contributed by atoms with Crippen molar-refractivity contribution >= 4 is 33.6 Å². The molecule has 16 nitrogen and oxygen atoms in total. The number of carbonyl (C=O) groups is 3. The molecule has 0 aromatic carbocycles. The SMILES string of the molecule is CCCCC/C=C\C/C=C\C/C=C\C/C=C\CCCCCCCCCCCCCC(=O)OCC(O)COP(=O)(O)OCC(O)COP(=O)(O)OCC(COC(=O)CCCCCCCCCCCCC/C=C\C/C=C\C/C=C\C/C=C\CCCCC)OC(=O)CCCCCCCCCCCCCCC. The highest BCUT2D eigenvalue weighted by Crippen LogP contribution is 2.45. The van der Waals surface area contributed by atoms with Crippen molar-refractivity contribution in [2.24, 2.45) is 0 Å². The maximum absolute atomic E-state index is 13.0. The van der Waals surface area contributed by atoms with Crippen LogP contribution in [0.2, 0.25) is 0 Å². The summed E-state index contributed by atoms with van der Waals surface area (Å²) in [7, 11) is -9.78. The largest absolute Gasteiger partial charge is 0.472 e. The zero-order chi connectivity index (χ0) is 75.2. The number of carbonyl (C=O) groups excluding carboxylic acids is 3. The number of allylic oxidation sites excluding steroid dienone is 16. The number of aliphatic hydroxyl groups is 2. The number of hydrogen-bond acceptors (Lipinski definition) is 14. The van der Waals surface area contributed by atoms with E-state index in [4.69, 9.17) is 32.3 Å². The Bertz CT molecular complexity index is 2260. The Morgan fingerprint density at radius 2 is 0.485 bits per heavy atom. The van der Waals surface area contributed by atoms with Gasteiger partial charge in [0.25, 0.3) is 0 Å².